The van der Waals surface area contributed by atoms with E-state index in [-0.39, 0.29) is 12.1 Å². The number of para-hydroxylation sites is 2. The number of hydrogen-bond donors (Lipinski definition) is 0. The van der Waals surface area contributed by atoms with Gasteiger partial charge in [0.1, 0.15) is 11.9 Å². The van der Waals surface area contributed by atoms with Crippen LogP contribution in [0, 0.1) is 0 Å². The predicted octanol–water partition coefficient (Wildman–Crippen LogP) is 7.37. The number of anilines is 1. The van der Waals surface area contributed by atoms with Gasteiger partial charge in [0.2, 0.25) is 0 Å². The van der Waals surface area contributed by atoms with E-state index in [2.05, 4.69) is 72.5 Å². The Kier molecular flexibility index (Phi) is 7.22. The highest BCUT2D eigenvalue weighted by Gasteiger charge is 2.26. The Morgan fingerprint density at radius 3 is 2.67 bits per heavy atom. The van der Waals surface area contributed by atoms with Crippen LogP contribution in [0.25, 0.3) is 10.8 Å². The van der Waals surface area contributed by atoms with Gasteiger partial charge in [-0.15, -0.1) is 0 Å². The van der Waals surface area contributed by atoms with Crippen LogP contribution in [-0.2, 0) is 11.3 Å². The minimum Gasteiger partial charge on any atom is -0.486 e. The highest BCUT2D eigenvalue weighted by atomic mass is 16.5. The fourth-order valence-corrected chi connectivity index (χ4v) is 5.30. The van der Waals surface area contributed by atoms with Crippen molar-refractivity contribution in [1.29, 1.82) is 0 Å². The smallest absolute Gasteiger partial charge is 0.337 e. The summed E-state index contributed by atoms with van der Waals surface area (Å²) in [6, 6.07) is 31.2. The molecule has 4 aromatic rings. The van der Waals surface area contributed by atoms with E-state index in [0.29, 0.717) is 18.0 Å². The molecule has 0 radical (unpaired) electrons. The molecule has 1 heterocycles. The van der Waals surface area contributed by atoms with Crippen molar-refractivity contribution >= 4 is 22.4 Å². The van der Waals surface area contributed by atoms with Crippen LogP contribution >= 0.6 is 0 Å². The molecule has 1 aliphatic rings. The first kappa shape index (κ1) is 23.9. The molecule has 5 rings (SSSR count). The summed E-state index contributed by atoms with van der Waals surface area (Å²) in [6.07, 6.45) is 3.35. The minimum atomic E-state index is -0.308. The number of hydrogen-bond acceptors (Lipinski definition) is 4. The molecule has 36 heavy (non-hydrogen) atoms. The summed E-state index contributed by atoms with van der Waals surface area (Å²) in [5.74, 6) is 1.11. The molecule has 1 unspecified atom stereocenters. The number of fused-ring (bicyclic) bond motifs is 2. The SMILES string of the molecule is COC(=O)c1cccc(CN2CC(CCC[C@H](C)c3cccc4ccccc34)Oc3ccccc32)c1. The van der Waals surface area contributed by atoms with Crippen molar-refractivity contribution in [2.75, 3.05) is 18.6 Å². The first-order chi connectivity index (χ1) is 17.6. The molecule has 4 heteroatoms. The van der Waals surface area contributed by atoms with Crippen LogP contribution in [0.3, 0.4) is 0 Å². The fourth-order valence-electron chi connectivity index (χ4n) is 5.30. The highest BCUT2D eigenvalue weighted by Crippen LogP contribution is 2.36. The number of carbonyl (C=O) groups is 1. The first-order valence-electron chi connectivity index (χ1n) is 12.8. The molecule has 2 atom stereocenters. The lowest BCUT2D eigenvalue weighted by atomic mass is 9.90. The van der Waals surface area contributed by atoms with Crippen LogP contribution in [-0.4, -0.2) is 25.7 Å². The van der Waals surface area contributed by atoms with E-state index in [1.165, 1.54) is 23.4 Å². The standard InChI is InChI=1S/C32H33NO3/c1-23(28-17-9-13-25-12-3-4-16-29(25)28)10-7-15-27-22-33(30-18-5-6-19-31(30)36-27)21-24-11-8-14-26(20-24)32(34)35-2/h3-6,8-9,11-14,16-20,23,27H,7,10,15,21-22H2,1-2H3/t23-,27?/m0/s1. The molecule has 0 N–H and O–H groups in total. The summed E-state index contributed by atoms with van der Waals surface area (Å²) in [5.41, 5.74) is 4.19. The van der Waals surface area contributed by atoms with E-state index < -0.39 is 0 Å². The number of esters is 1. The minimum absolute atomic E-state index is 0.128. The fraction of sp³-hybridized carbons (Fsp3) is 0.281. The van der Waals surface area contributed by atoms with Gasteiger partial charge >= 0.3 is 5.97 Å². The molecule has 0 saturated carbocycles. The quantitative estimate of drug-likeness (QED) is 0.247. The van der Waals surface area contributed by atoms with Gasteiger partial charge in [-0.2, -0.15) is 0 Å². The second-order valence-corrected chi connectivity index (χ2v) is 9.68. The van der Waals surface area contributed by atoms with E-state index in [9.17, 15) is 4.79 Å². The molecule has 0 spiro atoms. The zero-order chi connectivity index (χ0) is 24.9. The van der Waals surface area contributed by atoms with Crippen molar-refractivity contribution in [2.45, 2.75) is 44.8 Å². The lowest BCUT2D eigenvalue weighted by Gasteiger charge is -2.36. The second kappa shape index (κ2) is 10.9. The van der Waals surface area contributed by atoms with Crippen LogP contribution in [0.2, 0.25) is 0 Å². The van der Waals surface area contributed by atoms with Gasteiger partial charge in [0, 0.05) is 6.54 Å². The third-order valence-electron chi connectivity index (χ3n) is 7.16. The van der Waals surface area contributed by atoms with Crippen molar-refractivity contribution < 1.29 is 14.3 Å². The van der Waals surface area contributed by atoms with Crippen molar-refractivity contribution in [1.82, 2.24) is 0 Å². The van der Waals surface area contributed by atoms with Crippen LogP contribution in [0.4, 0.5) is 5.69 Å². The number of ether oxygens (including phenoxy) is 2. The normalized spacial score (nSPS) is 15.7. The van der Waals surface area contributed by atoms with Gasteiger partial charge in [0.15, 0.2) is 0 Å². The Morgan fingerprint density at radius 2 is 1.78 bits per heavy atom. The monoisotopic (exact) mass is 479 g/mol. The molecule has 0 amide bonds. The lowest BCUT2D eigenvalue weighted by molar-refractivity contribution is 0.0600. The number of carbonyl (C=O) groups excluding carboxylic acids is 1. The zero-order valence-corrected chi connectivity index (χ0v) is 21.0. The second-order valence-electron chi connectivity index (χ2n) is 9.68. The van der Waals surface area contributed by atoms with Crippen LogP contribution in [0.1, 0.15) is 53.6 Å². The molecule has 184 valence electrons. The van der Waals surface area contributed by atoms with Crippen LogP contribution < -0.4 is 9.64 Å². The Hall–Kier alpha value is -3.79. The average Bonchev–Trinajstić information content (AvgIpc) is 2.92. The average molecular weight is 480 g/mol. The Morgan fingerprint density at radius 1 is 1.00 bits per heavy atom. The maximum atomic E-state index is 12.0. The van der Waals surface area contributed by atoms with Crippen LogP contribution in [0.5, 0.6) is 5.75 Å². The maximum absolute atomic E-state index is 12.0. The number of benzene rings is 4. The molecule has 1 aliphatic heterocycles. The van der Waals surface area contributed by atoms with Crippen molar-refractivity contribution in [3.8, 4) is 5.75 Å². The summed E-state index contributed by atoms with van der Waals surface area (Å²) in [5, 5.41) is 2.66. The summed E-state index contributed by atoms with van der Waals surface area (Å²) < 4.78 is 11.3. The lowest BCUT2D eigenvalue weighted by Crippen LogP contribution is -2.39. The zero-order valence-electron chi connectivity index (χ0n) is 21.0. The summed E-state index contributed by atoms with van der Waals surface area (Å²) in [4.78, 5) is 14.4. The van der Waals surface area contributed by atoms with Gasteiger partial charge in [0.25, 0.3) is 0 Å². The third-order valence-corrected chi connectivity index (χ3v) is 7.16. The molecular weight excluding hydrogens is 446 g/mol. The van der Waals surface area contributed by atoms with E-state index in [1.54, 1.807) is 6.07 Å². The molecule has 0 bridgehead atoms. The largest absolute Gasteiger partial charge is 0.486 e. The van der Waals surface area contributed by atoms with Gasteiger partial charge in [-0.3, -0.25) is 0 Å². The maximum Gasteiger partial charge on any atom is 0.337 e. The highest BCUT2D eigenvalue weighted by molar-refractivity contribution is 5.89. The molecule has 0 fully saturated rings. The van der Waals surface area contributed by atoms with Gasteiger partial charge in [-0.1, -0.05) is 73.7 Å². The van der Waals surface area contributed by atoms with Crippen LogP contribution in [0.15, 0.2) is 91.0 Å². The van der Waals surface area contributed by atoms with Crippen molar-refractivity contribution in [3.05, 3.63) is 108 Å². The molecule has 4 nitrogen and oxygen atoms in total. The van der Waals surface area contributed by atoms with E-state index in [0.717, 1.165) is 42.8 Å². The third kappa shape index (κ3) is 5.23. The number of methoxy groups -OCH3 is 1. The molecule has 0 aromatic heterocycles. The summed E-state index contributed by atoms with van der Waals surface area (Å²) in [7, 11) is 1.42. The van der Waals surface area contributed by atoms with Crippen molar-refractivity contribution in [2.24, 2.45) is 0 Å². The Bertz CT molecular complexity index is 1340. The first-order valence-corrected chi connectivity index (χ1v) is 12.8. The van der Waals surface area contributed by atoms with Gasteiger partial charge in [-0.05, 0) is 71.3 Å². The Labute approximate surface area is 213 Å². The Balaban J connectivity index is 1.26. The number of rotatable bonds is 8. The van der Waals surface area contributed by atoms with Gasteiger partial charge in [-0.25, -0.2) is 4.79 Å². The van der Waals surface area contributed by atoms with Gasteiger partial charge in [0.05, 0.1) is 24.9 Å². The molecule has 4 aromatic carbocycles. The van der Waals surface area contributed by atoms with E-state index in [4.69, 9.17) is 9.47 Å². The summed E-state index contributed by atoms with van der Waals surface area (Å²) in [6.45, 7) is 3.87. The van der Waals surface area contributed by atoms with Crippen molar-refractivity contribution in [3.63, 3.8) is 0 Å². The topological polar surface area (TPSA) is 38.8 Å². The predicted molar refractivity (Wildman–Crippen MR) is 146 cm³/mol. The van der Waals surface area contributed by atoms with E-state index in [1.807, 2.05) is 24.3 Å². The molecular formula is C32H33NO3. The molecule has 0 saturated heterocycles. The van der Waals surface area contributed by atoms with E-state index >= 15 is 0 Å². The summed E-state index contributed by atoms with van der Waals surface area (Å²) >= 11 is 0. The molecule has 0 aliphatic carbocycles. The van der Waals surface area contributed by atoms with Gasteiger partial charge < -0.3 is 14.4 Å². The number of nitrogens with zero attached hydrogens (tertiary/aromatic N) is 1.